The zero-order valence-electron chi connectivity index (χ0n) is 8.93. The fourth-order valence-corrected chi connectivity index (χ4v) is 1.23. The van der Waals surface area contributed by atoms with Crippen molar-refractivity contribution in [3.05, 3.63) is 41.5 Å². The molecule has 0 amide bonds. The van der Waals surface area contributed by atoms with Crippen LogP contribution in [-0.4, -0.2) is 11.6 Å². The number of benzene rings is 1. The maximum atomic E-state index is 11.2. The van der Waals surface area contributed by atoms with E-state index in [0.717, 1.165) is 0 Å². The number of ketones is 2. The lowest BCUT2D eigenvalue weighted by atomic mass is 10.1. The molecule has 3 nitrogen and oxygen atoms in total. The van der Waals surface area contributed by atoms with Crippen LogP contribution in [0.3, 0.4) is 0 Å². The molecule has 1 aromatic carbocycles. The molecule has 0 atom stereocenters. The smallest absolute Gasteiger partial charge is 0.163 e. The Hall–Kier alpha value is -2.21. The van der Waals surface area contributed by atoms with Gasteiger partial charge in [0.1, 0.15) is 5.78 Å². The van der Waals surface area contributed by atoms with E-state index >= 15 is 0 Å². The predicted molar refractivity (Wildman–Crippen MR) is 60.5 cm³/mol. The van der Waals surface area contributed by atoms with Crippen LogP contribution < -0.4 is 0 Å². The molecule has 0 aliphatic rings. The molecule has 0 spiro atoms. The Morgan fingerprint density at radius 2 is 2.06 bits per heavy atom. The van der Waals surface area contributed by atoms with E-state index < -0.39 is 0 Å². The number of nitriles is 1. The Bertz CT molecular complexity index is 481. The van der Waals surface area contributed by atoms with Crippen molar-refractivity contribution in [2.24, 2.45) is 0 Å². The summed E-state index contributed by atoms with van der Waals surface area (Å²) in [6.45, 7) is 1.37. The van der Waals surface area contributed by atoms with Crippen LogP contribution >= 0.6 is 0 Å². The van der Waals surface area contributed by atoms with Gasteiger partial charge in [-0.2, -0.15) is 5.26 Å². The second kappa shape index (κ2) is 5.62. The summed E-state index contributed by atoms with van der Waals surface area (Å²) in [7, 11) is 0. The molecule has 1 rings (SSSR count). The molecule has 80 valence electrons. The van der Waals surface area contributed by atoms with Crippen molar-refractivity contribution >= 4 is 17.6 Å². The number of rotatable bonds is 4. The zero-order valence-corrected chi connectivity index (χ0v) is 8.93. The number of Topliss-reactive ketones (excluding diaryl/α,β-unsaturated/α-hetero) is 1. The highest BCUT2D eigenvalue weighted by Gasteiger charge is 2.01. The minimum atomic E-state index is -0.250. The quantitative estimate of drug-likeness (QED) is 0.568. The third-order valence-electron chi connectivity index (χ3n) is 1.95. The molecule has 0 bridgehead atoms. The lowest BCUT2D eigenvalue weighted by Gasteiger charge is -1.95. The highest BCUT2D eigenvalue weighted by Crippen LogP contribution is 2.09. The summed E-state index contributed by atoms with van der Waals surface area (Å²) < 4.78 is 0. The van der Waals surface area contributed by atoms with Gasteiger partial charge in [-0.15, -0.1) is 0 Å². The van der Waals surface area contributed by atoms with Gasteiger partial charge >= 0.3 is 0 Å². The van der Waals surface area contributed by atoms with Gasteiger partial charge in [-0.25, -0.2) is 0 Å². The maximum Gasteiger partial charge on any atom is 0.163 e. The third-order valence-corrected chi connectivity index (χ3v) is 1.95. The summed E-state index contributed by atoms with van der Waals surface area (Å²) in [6, 6.07) is 9.00. The molecule has 0 aromatic heterocycles. The lowest BCUT2D eigenvalue weighted by molar-refractivity contribution is -0.123. The highest BCUT2D eigenvalue weighted by atomic mass is 16.1. The van der Waals surface area contributed by atoms with Crippen LogP contribution in [-0.2, 0) is 9.59 Å². The lowest BCUT2D eigenvalue weighted by Crippen LogP contribution is -2.00. The number of nitrogens with zero attached hydrogens (tertiary/aromatic N) is 1. The van der Waals surface area contributed by atoms with E-state index in [1.165, 1.54) is 13.0 Å². The molecule has 16 heavy (non-hydrogen) atoms. The molecule has 0 radical (unpaired) electrons. The molecular weight excluding hydrogens is 202 g/mol. The number of allylic oxidation sites excluding steroid dienone is 1. The SMILES string of the molecule is CC(=O)CC(=O)/C=C/c1ccccc1C#N. The molecule has 0 fully saturated rings. The molecular formula is C13H11NO2. The number of carbonyl (C=O) groups is 2. The van der Waals surface area contributed by atoms with E-state index in [0.29, 0.717) is 11.1 Å². The second-order valence-electron chi connectivity index (χ2n) is 3.38. The first kappa shape index (κ1) is 11.9. The number of hydrogen-bond acceptors (Lipinski definition) is 3. The Kier molecular flexibility index (Phi) is 4.16. The Morgan fingerprint density at radius 1 is 1.38 bits per heavy atom. The minimum Gasteiger partial charge on any atom is -0.300 e. The average Bonchev–Trinajstić information content (AvgIpc) is 2.26. The third kappa shape index (κ3) is 3.50. The molecule has 0 saturated heterocycles. The molecule has 0 N–H and O–H groups in total. The molecule has 0 aliphatic carbocycles. The largest absolute Gasteiger partial charge is 0.300 e. The summed E-state index contributed by atoms with van der Waals surface area (Å²) in [5.41, 5.74) is 1.19. The van der Waals surface area contributed by atoms with Gasteiger partial charge in [0.15, 0.2) is 5.78 Å². The van der Waals surface area contributed by atoms with E-state index in [4.69, 9.17) is 5.26 Å². The topological polar surface area (TPSA) is 57.9 Å². The zero-order chi connectivity index (χ0) is 12.0. The van der Waals surface area contributed by atoms with Crippen molar-refractivity contribution in [3.8, 4) is 6.07 Å². The summed E-state index contributed by atoms with van der Waals surface area (Å²) >= 11 is 0. The molecule has 1 aromatic rings. The Morgan fingerprint density at radius 3 is 2.69 bits per heavy atom. The second-order valence-corrected chi connectivity index (χ2v) is 3.38. The summed E-state index contributed by atoms with van der Waals surface area (Å²) in [5, 5.41) is 8.81. The summed E-state index contributed by atoms with van der Waals surface area (Å²) in [6.07, 6.45) is 2.80. The van der Waals surface area contributed by atoms with Crippen LogP contribution in [0.15, 0.2) is 30.3 Å². The summed E-state index contributed by atoms with van der Waals surface area (Å²) in [4.78, 5) is 21.9. The van der Waals surface area contributed by atoms with Gasteiger partial charge in [0, 0.05) is 0 Å². The van der Waals surface area contributed by atoms with Crippen LogP contribution in [0.5, 0.6) is 0 Å². The van der Waals surface area contributed by atoms with Crippen molar-refractivity contribution in [3.63, 3.8) is 0 Å². The van der Waals surface area contributed by atoms with E-state index in [9.17, 15) is 9.59 Å². The van der Waals surface area contributed by atoms with E-state index in [2.05, 4.69) is 0 Å². The monoisotopic (exact) mass is 213 g/mol. The molecule has 0 heterocycles. The number of carbonyl (C=O) groups excluding carboxylic acids is 2. The van der Waals surface area contributed by atoms with Crippen LogP contribution in [0.25, 0.3) is 6.08 Å². The van der Waals surface area contributed by atoms with Crippen LogP contribution in [0.4, 0.5) is 0 Å². The maximum absolute atomic E-state index is 11.2. The molecule has 0 aliphatic heterocycles. The first-order valence-electron chi connectivity index (χ1n) is 4.83. The molecule has 0 saturated carbocycles. The normalized spacial score (nSPS) is 10.0. The van der Waals surface area contributed by atoms with Gasteiger partial charge < -0.3 is 0 Å². The van der Waals surface area contributed by atoms with Crippen molar-refractivity contribution in [2.45, 2.75) is 13.3 Å². The fourth-order valence-electron chi connectivity index (χ4n) is 1.23. The molecule has 0 unspecified atom stereocenters. The van der Waals surface area contributed by atoms with Gasteiger partial charge in [-0.1, -0.05) is 24.3 Å². The van der Waals surface area contributed by atoms with Gasteiger partial charge in [-0.3, -0.25) is 9.59 Å². The van der Waals surface area contributed by atoms with Crippen molar-refractivity contribution in [2.75, 3.05) is 0 Å². The Balaban J connectivity index is 2.81. The van der Waals surface area contributed by atoms with E-state index in [-0.39, 0.29) is 18.0 Å². The number of hydrogen-bond donors (Lipinski definition) is 0. The minimum absolute atomic E-state index is 0.0920. The van der Waals surface area contributed by atoms with Crippen molar-refractivity contribution < 1.29 is 9.59 Å². The molecule has 3 heteroatoms. The highest BCUT2D eigenvalue weighted by molar-refractivity contribution is 6.05. The van der Waals surface area contributed by atoms with Gasteiger partial charge in [-0.05, 0) is 24.6 Å². The van der Waals surface area contributed by atoms with Crippen molar-refractivity contribution in [1.29, 1.82) is 5.26 Å². The van der Waals surface area contributed by atoms with Crippen LogP contribution in [0, 0.1) is 11.3 Å². The predicted octanol–water partition coefficient (Wildman–Crippen LogP) is 2.12. The van der Waals surface area contributed by atoms with Crippen LogP contribution in [0.1, 0.15) is 24.5 Å². The van der Waals surface area contributed by atoms with Gasteiger partial charge in [0.05, 0.1) is 18.1 Å². The van der Waals surface area contributed by atoms with Gasteiger partial charge in [0.2, 0.25) is 0 Å². The fraction of sp³-hybridized carbons (Fsp3) is 0.154. The van der Waals surface area contributed by atoms with E-state index in [1.807, 2.05) is 6.07 Å². The van der Waals surface area contributed by atoms with Crippen molar-refractivity contribution in [1.82, 2.24) is 0 Å². The Labute approximate surface area is 94.0 Å². The summed E-state index contributed by atoms with van der Waals surface area (Å²) in [5.74, 6) is -0.413. The van der Waals surface area contributed by atoms with Gasteiger partial charge in [0.25, 0.3) is 0 Å². The first-order valence-corrected chi connectivity index (χ1v) is 4.83. The van der Waals surface area contributed by atoms with Crippen LogP contribution in [0.2, 0.25) is 0 Å². The standard InChI is InChI=1S/C13H11NO2/c1-10(15)8-13(16)7-6-11-4-2-3-5-12(11)9-14/h2-7H,8H2,1H3/b7-6+. The van der Waals surface area contributed by atoms with E-state index in [1.54, 1.807) is 30.3 Å². The average molecular weight is 213 g/mol. The first-order chi connectivity index (χ1) is 7.63.